The molecule has 4 rings (SSSR count). The maximum absolute atomic E-state index is 5.03. The standard InChI is InChI=1S/4C4H6N2.6ClH.2Ga.H/c4*1-4-2-5-6-3-4;;;;;;;;;/h4*2-3H,1H3,(H,5,6);6*1H;;;/q;;;;;;;;;;+2;+3;/p-6. The molecule has 0 aliphatic rings. The van der Waals surface area contributed by atoms with Gasteiger partial charge < -0.3 is 0 Å². The van der Waals surface area contributed by atoms with Crippen molar-refractivity contribution < 1.29 is 0 Å². The average Bonchev–Trinajstić information content (AvgIpc) is 3.47. The molecule has 0 amide bonds. The Morgan fingerprint density at radius 3 is 0.750 bits per heavy atom. The molecule has 0 spiro atoms. The molecule has 16 heteroatoms. The summed E-state index contributed by atoms with van der Waals surface area (Å²) < 4.78 is 0. The second kappa shape index (κ2) is 22.6. The van der Waals surface area contributed by atoms with Crippen molar-refractivity contribution in [2.45, 2.75) is 27.7 Å². The molecule has 0 aromatic carbocycles. The minimum absolute atomic E-state index is 0.931. The fourth-order valence-electron chi connectivity index (χ4n) is 1.26. The van der Waals surface area contributed by atoms with E-state index in [0.29, 0.717) is 0 Å². The summed E-state index contributed by atoms with van der Waals surface area (Å²) in [5.74, 6) is 0. The third kappa shape index (κ3) is 32.0. The summed E-state index contributed by atoms with van der Waals surface area (Å²) >= 11 is -4.17. The van der Waals surface area contributed by atoms with Gasteiger partial charge in [-0.05, 0) is 49.9 Å². The van der Waals surface area contributed by atoms with Gasteiger partial charge in [0.1, 0.15) is 0 Å². The van der Waals surface area contributed by atoms with Gasteiger partial charge in [0, 0.05) is 24.8 Å². The van der Waals surface area contributed by atoms with Gasteiger partial charge in [0.05, 0.1) is 24.8 Å². The van der Waals surface area contributed by atoms with Gasteiger partial charge in [-0.15, -0.1) is 0 Å². The van der Waals surface area contributed by atoms with Crippen LogP contribution in [0.25, 0.3) is 0 Å². The average molecular weight is 682 g/mol. The molecule has 0 fully saturated rings. The Labute approximate surface area is 222 Å². The topological polar surface area (TPSA) is 115 Å². The Balaban J connectivity index is 0. The molecule has 0 atom stereocenters. The molecule has 0 radical (unpaired) electrons. The van der Waals surface area contributed by atoms with E-state index in [1.807, 2.05) is 52.5 Å². The summed E-state index contributed by atoms with van der Waals surface area (Å²) in [5, 5.41) is 25.5. The molecule has 4 aromatic rings. The Morgan fingerprint density at radius 1 is 0.562 bits per heavy atom. The number of aryl methyl sites for hydroxylation is 4. The zero-order valence-corrected chi connectivity index (χ0v) is 27.9. The molecular formula is C16H25Cl6Ga2N8-. The van der Waals surface area contributed by atoms with Crippen molar-refractivity contribution in [1.29, 1.82) is 0 Å². The van der Waals surface area contributed by atoms with Crippen LogP contribution in [-0.4, -0.2) is 67.2 Å². The number of aromatic nitrogens is 8. The molecule has 0 aliphatic heterocycles. The van der Waals surface area contributed by atoms with Crippen LogP contribution in [0.4, 0.5) is 0 Å². The number of H-pyrrole nitrogens is 4. The van der Waals surface area contributed by atoms with Crippen LogP contribution in [0.3, 0.4) is 0 Å². The first-order valence-electron chi connectivity index (χ1n) is 8.80. The number of aromatic amines is 4. The number of hydrogen-bond donors (Lipinski definition) is 4. The van der Waals surface area contributed by atoms with E-state index in [1.165, 1.54) is 22.3 Å². The molecule has 0 bridgehead atoms. The van der Waals surface area contributed by atoms with Crippen molar-refractivity contribution in [1.82, 2.24) is 40.8 Å². The van der Waals surface area contributed by atoms with E-state index < -0.39 is 26.4 Å². The van der Waals surface area contributed by atoms with Crippen LogP contribution in [0.5, 0.6) is 0 Å². The summed E-state index contributed by atoms with van der Waals surface area (Å²) in [5.41, 5.74) is 4.70. The Hall–Kier alpha value is -0.147. The third-order valence-corrected chi connectivity index (χ3v) is 2.54. The summed E-state index contributed by atoms with van der Waals surface area (Å²) in [6.45, 7) is 7.96. The van der Waals surface area contributed by atoms with Gasteiger partial charge in [-0.25, -0.2) is 0 Å². The Morgan fingerprint density at radius 2 is 0.719 bits per heavy atom. The predicted octanol–water partition coefficient (Wildman–Crippen LogP) is 5.98. The summed E-state index contributed by atoms with van der Waals surface area (Å²) in [6.07, 6.45) is 14.5. The zero-order valence-electron chi connectivity index (χ0n) is 18.0. The number of halogens is 6. The summed E-state index contributed by atoms with van der Waals surface area (Å²) in [4.78, 5) is 0. The molecule has 0 unspecified atom stereocenters. The Bertz CT molecular complexity index is 688. The van der Waals surface area contributed by atoms with Crippen LogP contribution < -0.4 is 0 Å². The first kappa shape index (κ1) is 34.0. The van der Waals surface area contributed by atoms with Gasteiger partial charge >= 0.3 is 84.3 Å². The number of nitrogens with one attached hydrogen (secondary N) is 4. The van der Waals surface area contributed by atoms with E-state index in [2.05, 4.69) is 40.8 Å². The fraction of sp³-hybridized carbons (Fsp3) is 0.250. The van der Waals surface area contributed by atoms with Gasteiger partial charge in [0.25, 0.3) is 0 Å². The minimum atomic E-state index is -3.24. The second-order valence-corrected chi connectivity index (χ2v) is 33.0. The number of rotatable bonds is 0. The van der Waals surface area contributed by atoms with Crippen LogP contribution in [0.2, 0.25) is 0 Å². The van der Waals surface area contributed by atoms with E-state index in [4.69, 9.17) is 57.8 Å². The molecule has 178 valence electrons. The van der Waals surface area contributed by atoms with Crippen molar-refractivity contribution in [3.05, 3.63) is 71.8 Å². The molecule has 4 N–H and O–H groups in total. The van der Waals surface area contributed by atoms with Crippen molar-refractivity contribution in [2.24, 2.45) is 0 Å². The second-order valence-electron chi connectivity index (χ2n) is 5.70. The first-order valence-corrected chi connectivity index (χ1v) is 29.3. The normalized spacial score (nSPS) is 8.94. The van der Waals surface area contributed by atoms with Gasteiger partial charge in [-0.2, -0.15) is 20.4 Å². The predicted molar refractivity (Wildman–Crippen MR) is 141 cm³/mol. The van der Waals surface area contributed by atoms with Gasteiger partial charge in [0.2, 0.25) is 0 Å². The zero-order chi connectivity index (χ0) is 24.8. The van der Waals surface area contributed by atoms with Gasteiger partial charge in [0.15, 0.2) is 0 Å². The monoisotopic (exact) mass is 677 g/mol. The van der Waals surface area contributed by atoms with Gasteiger partial charge in [-0.1, -0.05) is 0 Å². The van der Waals surface area contributed by atoms with E-state index in [-0.39, 0.29) is 0 Å². The van der Waals surface area contributed by atoms with Crippen molar-refractivity contribution in [2.75, 3.05) is 0 Å². The SMILES string of the molecule is Cc1cn[nH]c1.Cc1cn[nH]c1.Cc1cn[nH]c1.Cc1cn[nH]c1.[Cl][Ga-]([Cl])([Cl])[Cl].[Cl][GaH][Cl]. The van der Waals surface area contributed by atoms with E-state index >= 15 is 0 Å². The molecule has 8 nitrogen and oxygen atoms in total. The van der Waals surface area contributed by atoms with Crippen LogP contribution in [-0.2, 0) is 0 Å². The Kier molecular flexibility index (Phi) is 24.1. The molecule has 0 saturated carbocycles. The number of hydrogen-bond acceptors (Lipinski definition) is 4. The molecular weight excluding hydrogens is 656 g/mol. The fourth-order valence-corrected chi connectivity index (χ4v) is 1.26. The van der Waals surface area contributed by atoms with Gasteiger partial charge in [-0.3, -0.25) is 20.4 Å². The van der Waals surface area contributed by atoms with E-state index in [0.717, 1.165) is 0 Å². The summed E-state index contributed by atoms with van der Waals surface area (Å²) in [7, 11) is 30.0. The van der Waals surface area contributed by atoms with Crippen LogP contribution in [0.1, 0.15) is 22.3 Å². The molecule has 4 heterocycles. The van der Waals surface area contributed by atoms with Crippen LogP contribution in [0, 0.1) is 27.7 Å². The molecule has 32 heavy (non-hydrogen) atoms. The molecule has 0 saturated heterocycles. The van der Waals surface area contributed by atoms with Crippen molar-refractivity contribution >= 4 is 84.3 Å². The van der Waals surface area contributed by atoms with Crippen molar-refractivity contribution in [3.8, 4) is 0 Å². The van der Waals surface area contributed by atoms with Crippen LogP contribution in [0.15, 0.2) is 49.6 Å². The molecule has 4 aromatic heterocycles. The van der Waals surface area contributed by atoms with Crippen LogP contribution >= 0.6 is 57.8 Å². The third-order valence-electron chi connectivity index (χ3n) is 2.54. The summed E-state index contributed by atoms with van der Waals surface area (Å²) in [6, 6.07) is 0. The van der Waals surface area contributed by atoms with Crippen molar-refractivity contribution in [3.63, 3.8) is 0 Å². The first-order chi connectivity index (χ1) is 15.0. The van der Waals surface area contributed by atoms with E-state index in [9.17, 15) is 0 Å². The molecule has 0 aliphatic carbocycles. The quantitative estimate of drug-likeness (QED) is 0.171. The number of nitrogens with zero attached hydrogens (tertiary/aromatic N) is 4. The maximum atomic E-state index is 5.03. The van der Waals surface area contributed by atoms with E-state index in [1.54, 1.807) is 24.8 Å².